The molecule has 0 saturated carbocycles. The minimum Gasteiger partial charge on any atom is -0.481 e. The molecule has 0 amide bonds. The highest BCUT2D eigenvalue weighted by Gasteiger charge is 2.37. The molecule has 27 heavy (non-hydrogen) atoms. The molecule has 0 spiro atoms. The molecule has 6 heteroatoms. The molecule has 146 valence electrons. The monoisotopic (exact) mass is 380 g/mol. The third-order valence-corrected chi connectivity index (χ3v) is 3.83. The van der Waals surface area contributed by atoms with Gasteiger partial charge >= 0.3 is 12.1 Å². The van der Waals surface area contributed by atoms with Gasteiger partial charge in [0.1, 0.15) is 0 Å². The summed E-state index contributed by atoms with van der Waals surface area (Å²) in [5.41, 5.74) is 4.08. The predicted octanol–water partition coefficient (Wildman–Crippen LogP) is 5.07. The molecule has 0 fully saturated rings. The number of alkyl halides is 3. The molecule has 0 aliphatic carbocycles. The summed E-state index contributed by atoms with van der Waals surface area (Å²) >= 11 is 0. The van der Waals surface area contributed by atoms with E-state index in [9.17, 15) is 22.8 Å². The van der Waals surface area contributed by atoms with E-state index in [1.54, 1.807) is 12.1 Å². The van der Waals surface area contributed by atoms with Crippen LogP contribution in [0.4, 0.5) is 13.2 Å². The van der Waals surface area contributed by atoms with Crippen LogP contribution in [-0.2, 0) is 22.4 Å². The summed E-state index contributed by atoms with van der Waals surface area (Å²) in [6.45, 7) is 3.91. The molecule has 2 rings (SSSR count). The van der Waals surface area contributed by atoms with Gasteiger partial charge < -0.3 is 5.11 Å². The van der Waals surface area contributed by atoms with Gasteiger partial charge in [-0.3, -0.25) is 9.59 Å². The fourth-order valence-electron chi connectivity index (χ4n) is 2.16. The first-order valence-corrected chi connectivity index (χ1v) is 8.51. The summed E-state index contributed by atoms with van der Waals surface area (Å²) in [6, 6.07) is 15.0. The van der Waals surface area contributed by atoms with Crippen molar-refractivity contribution >= 4 is 11.8 Å². The molecule has 0 aromatic heterocycles. The maximum atomic E-state index is 11.9. The second kappa shape index (κ2) is 10.5. The Hall–Kier alpha value is -2.63. The van der Waals surface area contributed by atoms with Crippen LogP contribution in [0.25, 0.3) is 0 Å². The molecule has 3 nitrogen and oxygen atoms in total. The summed E-state index contributed by atoms with van der Waals surface area (Å²) in [6.07, 6.45) is -4.21. The van der Waals surface area contributed by atoms with Crippen molar-refractivity contribution in [2.24, 2.45) is 0 Å². The van der Waals surface area contributed by atoms with Crippen LogP contribution in [0, 0.1) is 13.8 Å². The van der Waals surface area contributed by atoms with Crippen molar-refractivity contribution in [1.82, 2.24) is 0 Å². The fourth-order valence-corrected chi connectivity index (χ4v) is 2.16. The van der Waals surface area contributed by atoms with E-state index in [1.807, 2.05) is 50.2 Å². The maximum absolute atomic E-state index is 11.9. The molecule has 1 N–H and O–H groups in total. The number of rotatable bonds is 6. The smallest absolute Gasteiger partial charge is 0.449 e. The first-order chi connectivity index (χ1) is 12.6. The Labute approximate surface area is 156 Å². The minimum atomic E-state index is -4.70. The first kappa shape index (κ1) is 22.4. The largest absolute Gasteiger partial charge is 0.481 e. The number of ketones is 1. The molecule has 0 atom stereocenters. The van der Waals surface area contributed by atoms with Gasteiger partial charge in [0.25, 0.3) is 0 Å². The number of aliphatic carboxylic acids is 1. The van der Waals surface area contributed by atoms with Crippen molar-refractivity contribution in [1.29, 1.82) is 0 Å². The van der Waals surface area contributed by atoms with E-state index in [2.05, 4.69) is 0 Å². The number of aryl methyl sites for hydroxylation is 4. The van der Waals surface area contributed by atoms with Crippen molar-refractivity contribution < 1.29 is 27.9 Å². The molecule has 2 aromatic rings. The van der Waals surface area contributed by atoms with Crippen LogP contribution < -0.4 is 0 Å². The highest BCUT2D eigenvalue weighted by molar-refractivity contribution is 5.84. The van der Waals surface area contributed by atoms with Gasteiger partial charge in [-0.25, -0.2) is 0 Å². The van der Waals surface area contributed by atoms with Gasteiger partial charge in [0.2, 0.25) is 5.78 Å². The van der Waals surface area contributed by atoms with Gasteiger partial charge in [-0.1, -0.05) is 59.7 Å². The highest BCUT2D eigenvalue weighted by Crippen LogP contribution is 2.19. The molecule has 0 radical (unpaired) electrons. The number of Topliss-reactive ketones (excluding diaryl/α,β-unsaturated/α-hetero) is 1. The lowest BCUT2D eigenvalue weighted by Gasteiger charge is -2.05. The van der Waals surface area contributed by atoms with Crippen molar-refractivity contribution in [3.05, 3.63) is 70.8 Å². The average molecular weight is 380 g/mol. The average Bonchev–Trinajstić information content (AvgIpc) is 2.60. The maximum Gasteiger partial charge on any atom is 0.449 e. The summed E-state index contributed by atoms with van der Waals surface area (Å²) < 4.78 is 35.6. The molecule has 0 heterocycles. The van der Waals surface area contributed by atoms with Crippen molar-refractivity contribution in [2.45, 2.75) is 45.7 Å². The van der Waals surface area contributed by atoms with Gasteiger partial charge in [-0.15, -0.1) is 0 Å². The molecule has 0 unspecified atom stereocenters. The standard InChI is InChI=1S/C11H11F3O.C10H12O2/c1-8-2-4-9(5-3-8)6-7-10(15)11(12,13)14;1-8-2-4-9(5-3-8)6-7-10(11)12/h2-5H,6-7H2,1H3;2-5H,6-7H2,1H3,(H,11,12). The zero-order valence-electron chi connectivity index (χ0n) is 15.3. The van der Waals surface area contributed by atoms with Gasteiger partial charge in [-0.2, -0.15) is 13.2 Å². The summed E-state index contributed by atoms with van der Waals surface area (Å²) in [7, 11) is 0. The van der Waals surface area contributed by atoms with E-state index in [0.717, 1.165) is 16.7 Å². The Kier molecular flexibility index (Phi) is 8.72. The predicted molar refractivity (Wildman–Crippen MR) is 97.7 cm³/mol. The van der Waals surface area contributed by atoms with Crippen molar-refractivity contribution in [3.63, 3.8) is 0 Å². The normalized spacial score (nSPS) is 10.7. The van der Waals surface area contributed by atoms with E-state index in [4.69, 9.17) is 5.11 Å². The second-order valence-corrected chi connectivity index (χ2v) is 6.29. The Morgan fingerprint density at radius 1 is 0.778 bits per heavy atom. The third kappa shape index (κ3) is 9.58. The van der Waals surface area contributed by atoms with Crippen molar-refractivity contribution in [2.75, 3.05) is 0 Å². The van der Waals surface area contributed by atoms with Crippen LogP contribution in [0.2, 0.25) is 0 Å². The molecule has 0 saturated heterocycles. The first-order valence-electron chi connectivity index (χ1n) is 8.51. The van der Waals surface area contributed by atoms with Crippen LogP contribution in [-0.4, -0.2) is 23.0 Å². The Balaban J connectivity index is 0.000000277. The minimum absolute atomic E-state index is 0.138. The Morgan fingerprint density at radius 3 is 1.48 bits per heavy atom. The number of carboxylic acid groups (broad SMARTS) is 1. The quantitative estimate of drug-likeness (QED) is 0.761. The van der Waals surface area contributed by atoms with E-state index >= 15 is 0 Å². The lowest BCUT2D eigenvalue weighted by atomic mass is 10.1. The SMILES string of the molecule is Cc1ccc(CCC(=O)C(F)(F)F)cc1.Cc1ccc(CCC(=O)O)cc1. The fraction of sp³-hybridized carbons (Fsp3) is 0.333. The third-order valence-electron chi connectivity index (χ3n) is 3.83. The molecule has 2 aromatic carbocycles. The van der Waals surface area contributed by atoms with Crippen LogP contribution in [0.15, 0.2) is 48.5 Å². The topological polar surface area (TPSA) is 54.4 Å². The Bertz CT molecular complexity index is 733. The Morgan fingerprint density at radius 2 is 1.15 bits per heavy atom. The number of carbonyl (C=O) groups is 2. The molecular formula is C21H23F3O3. The lowest BCUT2D eigenvalue weighted by Crippen LogP contribution is -2.22. The number of hydrogen-bond donors (Lipinski definition) is 1. The van der Waals surface area contributed by atoms with Crippen LogP contribution >= 0.6 is 0 Å². The zero-order chi connectivity index (χ0) is 20.4. The summed E-state index contributed by atoms with van der Waals surface area (Å²) in [5, 5.41) is 8.43. The van der Waals surface area contributed by atoms with Crippen LogP contribution in [0.5, 0.6) is 0 Å². The molecule has 0 bridgehead atoms. The van der Waals surface area contributed by atoms with Gasteiger partial charge in [0, 0.05) is 12.8 Å². The molecule has 0 aliphatic rings. The highest BCUT2D eigenvalue weighted by atomic mass is 19.4. The lowest BCUT2D eigenvalue weighted by molar-refractivity contribution is -0.171. The molecular weight excluding hydrogens is 357 g/mol. The summed E-state index contributed by atoms with van der Waals surface area (Å²) in [5.74, 6) is -2.40. The van der Waals surface area contributed by atoms with E-state index in [0.29, 0.717) is 6.42 Å². The number of halogens is 3. The van der Waals surface area contributed by atoms with E-state index < -0.39 is 24.3 Å². The number of carbonyl (C=O) groups excluding carboxylic acids is 1. The second-order valence-electron chi connectivity index (χ2n) is 6.29. The van der Waals surface area contributed by atoms with Crippen LogP contribution in [0.3, 0.4) is 0 Å². The number of hydrogen-bond acceptors (Lipinski definition) is 2. The van der Waals surface area contributed by atoms with Crippen LogP contribution in [0.1, 0.15) is 35.1 Å². The molecule has 0 aliphatic heterocycles. The van der Waals surface area contributed by atoms with Gasteiger partial charge in [0.15, 0.2) is 0 Å². The summed E-state index contributed by atoms with van der Waals surface area (Å²) in [4.78, 5) is 20.8. The van der Waals surface area contributed by atoms with Gasteiger partial charge in [-0.05, 0) is 37.8 Å². The van der Waals surface area contributed by atoms with E-state index in [1.165, 1.54) is 5.56 Å². The van der Waals surface area contributed by atoms with Crippen molar-refractivity contribution in [3.8, 4) is 0 Å². The zero-order valence-corrected chi connectivity index (χ0v) is 15.3. The van der Waals surface area contributed by atoms with Gasteiger partial charge in [0.05, 0.1) is 0 Å². The number of carboxylic acids is 1. The number of benzene rings is 2. The van der Waals surface area contributed by atoms with E-state index in [-0.39, 0.29) is 12.8 Å².